The van der Waals surface area contributed by atoms with E-state index in [2.05, 4.69) is 237 Å². The van der Waals surface area contributed by atoms with E-state index in [0.717, 1.165) is 46.8 Å². The summed E-state index contributed by atoms with van der Waals surface area (Å²) in [6.45, 7) is 0. The first-order chi connectivity index (χ1) is 32.7. The van der Waals surface area contributed by atoms with Crippen molar-refractivity contribution in [1.29, 1.82) is 0 Å². The Balaban J connectivity index is 0.798. The van der Waals surface area contributed by atoms with E-state index in [1.165, 1.54) is 77.9 Å². The highest BCUT2D eigenvalue weighted by atomic mass is 16.3. The van der Waals surface area contributed by atoms with Crippen LogP contribution in [0.2, 0.25) is 0 Å². The second-order valence-corrected chi connectivity index (χ2v) is 17.9. The number of fused-ring (bicyclic) bond motifs is 6. The van der Waals surface area contributed by atoms with E-state index in [1.54, 1.807) is 0 Å². The lowest BCUT2D eigenvalue weighted by atomic mass is 9.67. The second-order valence-electron chi connectivity index (χ2n) is 17.9. The molecule has 0 spiro atoms. The van der Waals surface area contributed by atoms with Gasteiger partial charge in [-0.25, -0.2) is 0 Å². The number of hydrogen-bond acceptors (Lipinski definition) is 1. The molecule has 0 N–H and O–H groups in total. The van der Waals surface area contributed by atoms with Crippen LogP contribution >= 0.6 is 0 Å². The Labute approximate surface area is 387 Å². The minimum absolute atomic E-state index is 0.380. The molecule has 12 rings (SSSR count). The van der Waals surface area contributed by atoms with Crippen molar-refractivity contribution in [1.82, 2.24) is 0 Å². The summed E-state index contributed by atoms with van der Waals surface area (Å²) >= 11 is 0. The van der Waals surface area contributed by atoms with Gasteiger partial charge in [0.1, 0.15) is 11.2 Å². The van der Waals surface area contributed by atoms with E-state index in [1.807, 2.05) is 12.1 Å². The summed E-state index contributed by atoms with van der Waals surface area (Å²) in [5.74, 6) is 0.380. The van der Waals surface area contributed by atoms with Gasteiger partial charge in [-0.1, -0.05) is 224 Å². The minimum Gasteiger partial charge on any atom is -0.456 e. The van der Waals surface area contributed by atoms with Crippen LogP contribution < -0.4 is 0 Å². The lowest BCUT2D eigenvalue weighted by molar-refractivity contribution is 0.621. The highest BCUT2D eigenvalue weighted by Crippen LogP contribution is 2.56. The Hall–Kier alpha value is -8.00. The van der Waals surface area contributed by atoms with Gasteiger partial charge in [0.15, 0.2) is 0 Å². The van der Waals surface area contributed by atoms with E-state index in [0.29, 0.717) is 5.92 Å². The summed E-state index contributed by atoms with van der Waals surface area (Å²) in [6, 6.07) is 91.6. The van der Waals surface area contributed by atoms with Crippen LogP contribution in [0.25, 0.3) is 66.4 Å². The molecule has 66 heavy (non-hydrogen) atoms. The molecule has 0 aliphatic heterocycles. The highest BCUT2D eigenvalue weighted by molar-refractivity contribution is 6.05. The summed E-state index contributed by atoms with van der Waals surface area (Å²) in [6.07, 6.45) is 3.07. The van der Waals surface area contributed by atoms with Gasteiger partial charge in [-0.05, 0) is 133 Å². The molecular weight excluding hydrogens is 797 g/mol. The van der Waals surface area contributed by atoms with Gasteiger partial charge < -0.3 is 4.42 Å². The van der Waals surface area contributed by atoms with Crippen molar-refractivity contribution in [3.63, 3.8) is 0 Å². The summed E-state index contributed by atoms with van der Waals surface area (Å²) in [5.41, 5.74) is 20.7. The molecule has 1 aromatic heterocycles. The van der Waals surface area contributed by atoms with E-state index in [9.17, 15) is 0 Å². The van der Waals surface area contributed by atoms with Gasteiger partial charge in [0.05, 0.1) is 5.41 Å². The highest BCUT2D eigenvalue weighted by Gasteiger charge is 2.46. The average molecular weight is 845 g/mol. The first-order valence-electron chi connectivity index (χ1n) is 23.3. The molecule has 0 radical (unpaired) electrons. The molecule has 0 fully saturated rings. The Bertz CT molecular complexity index is 3420. The molecule has 0 bridgehead atoms. The van der Waals surface area contributed by atoms with Crippen molar-refractivity contribution in [3.05, 3.63) is 288 Å². The molecule has 1 heteroatoms. The fourth-order valence-electron chi connectivity index (χ4n) is 10.8. The molecule has 0 amide bonds. The predicted octanol–water partition coefficient (Wildman–Crippen LogP) is 16.9. The monoisotopic (exact) mass is 844 g/mol. The molecule has 0 saturated heterocycles. The van der Waals surface area contributed by atoms with Gasteiger partial charge >= 0.3 is 0 Å². The summed E-state index contributed by atoms with van der Waals surface area (Å²) < 4.78 is 6.18. The summed E-state index contributed by atoms with van der Waals surface area (Å²) in [4.78, 5) is 0. The molecule has 11 aromatic rings. The van der Waals surface area contributed by atoms with Crippen molar-refractivity contribution in [3.8, 4) is 44.5 Å². The Morgan fingerprint density at radius 3 is 1.55 bits per heavy atom. The molecule has 314 valence electrons. The number of benzene rings is 10. The Morgan fingerprint density at radius 1 is 0.348 bits per heavy atom. The van der Waals surface area contributed by atoms with Gasteiger partial charge in [-0.3, -0.25) is 0 Å². The maximum Gasteiger partial charge on any atom is 0.136 e. The molecule has 0 saturated carbocycles. The lowest BCUT2D eigenvalue weighted by Crippen LogP contribution is -2.28. The van der Waals surface area contributed by atoms with Gasteiger partial charge in [-0.15, -0.1) is 0 Å². The minimum atomic E-state index is -0.415. The average Bonchev–Trinajstić information content (AvgIpc) is 3.92. The molecule has 1 heterocycles. The third kappa shape index (κ3) is 7.05. The van der Waals surface area contributed by atoms with Crippen LogP contribution in [0.4, 0.5) is 0 Å². The maximum absolute atomic E-state index is 6.18. The fourth-order valence-corrected chi connectivity index (χ4v) is 10.8. The van der Waals surface area contributed by atoms with Crippen molar-refractivity contribution >= 4 is 21.9 Å². The number of rotatable bonds is 11. The van der Waals surface area contributed by atoms with Crippen molar-refractivity contribution < 1.29 is 4.42 Å². The van der Waals surface area contributed by atoms with Gasteiger partial charge in [-0.2, -0.15) is 0 Å². The summed E-state index contributed by atoms with van der Waals surface area (Å²) in [7, 11) is 0. The van der Waals surface area contributed by atoms with Crippen LogP contribution in [0.1, 0.15) is 51.3 Å². The van der Waals surface area contributed by atoms with Crippen LogP contribution in [0.15, 0.2) is 253 Å². The Kier molecular flexibility index (Phi) is 10.1. The third-order valence-electron chi connectivity index (χ3n) is 14.2. The van der Waals surface area contributed by atoms with Gasteiger partial charge in [0.25, 0.3) is 0 Å². The van der Waals surface area contributed by atoms with Crippen LogP contribution in [0, 0.1) is 0 Å². The molecule has 10 aromatic carbocycles. The number of hydrogen-bond donors (Lipinski definition) is 0. The summed E-state index contributed by atoms with van der Waals surface area (Å²) in [5, 5.41) is 2.31. The first-order valence-corrected chi connectivity index (χ1v) is 23.3. The van der Waals surface area contributed by atoms with E-state index >= 15 is 0 Å². The van der Waals surface area contributed by atoms with Crippen molar-refractivity contribution in [2.45, 2.75) is 30.6 Å². The van der Waals surface area contributed by atoms with E-state index in [-0.39, 0.29) is 0 Å². The quantitative estimate of drug-likeness (QED) is 0.126. The van der Waals surface area contributed by atoms with Crippen LogP contribution in [-0.4, -0.2) is 0 Å². The molecule has 1 aliphatic rings. The van der Waals surface area contributed by atoms with E-state index < -0.39 is 5.41 Å². The molecule has 1 unspecified atom stereocenters. The topological polar surface area (TPSA) is 13.1 Å². The number of para-hydroxylation sites is 1. The van der Waals surface area contributed by atoms with Gasteiger partial charge in [0, 0.05) is 10.8 Å². The van der Waals surface area contributed by atoms with Gasteiger partial charge in [0.2, 0.25) is 0 Å². The molecule has 1 aliphatic carbocycles. The normalized spacial score (nSPS) is 13.1. The maximum atomic E-state index is 6.18. The second kappa shape index (κ2) is 16.8. The number of furan rings is 1. The molecular formula is C65H48O. The van der Waals surface area contributed by atoms with Crippen LogP contribution in [0.5, 0.6) is 0 Å². The zero-order valence-corrected chi connectivity index (χ0v) is 36.8. The largest absolute Gasteiger partial charge is 0.456 e. The fraction of sp³-hybridized carbons (Fsp3) is 0.0769. The zero-order valence-electron chi connectivity index (χ0n) is 36.8. The zero-order chi connectivity index (χ0) is 43.9. The number of aryl methyl sites for hydroxylation is 1. The lowest BCUT2D eigenvalue weighted by Gasteiger charge is -2.34. The van der Waals surface area contributed by atoms with Crippen molar-refractivity contribution in [2.75, 3.05) is 0 Å². The van der Waals surface area contributed by atoms with Crippen LogP contribution in [0.3, 0.4) is 0 Å². The Morgan fingerprint density at radius 2 is 0.848 bits per heavy atom. The molecule has 1 nitrogen and oxygen atoms in total. The predicted molar refractivity (Wildman–Crippen MR) is 275 cm³/mol. The van der Waals surface area contributed by atoms with E-state index in [4.69, 9.17) is 4.42 Å². The third-order valence-corrected chi connectivity index (χ3v) is 14.2. The SMILES string of the molecule is c1ccc(CC(CCc2ccc(-c3ccc(-c4ccc5c(c4)oc4ccccc45)cc3)cc2)c2ccc(-c3ccc4c(c3)C(c3ccccc3)(c3ccccc3)c3ccccc3-4)cc2)cc1. The first kappa shape index (κ1) is 39.6. The standard InChI is InChI=1S/C65H48O/c1-4-14-46(15-5-1)42-52(29-26-45-24-27-47(28-25-45)48-30-32-51(33-31-48)54-39-41-60-59-21-11-13-23-63(59)66-64(60)44-54)49-34-36-50(37-35-49)53-38-40-58-57-20-10-12-22-61(57)65(62(58)43-53,55-16-6-2-7-17-55)56-18-8-3-9-19-56/h1-25,27-28,30-41,43-44,52H,26,29,42H2. The van der Waals surface area contributed by atoms with Crippen molar-refractivity contribution in [2.24, 2.45) is 0 Å². The van der Waals surface area contributed by atoms with Crippen LogP contribution in [-0.2, 0) is 18.3 Å². The molecule has 1 atom stereocenters. The smallest absolute Gasteiger partial charge is 0.136 e.